The van der Waals surface area contributed by atoms with Crippen molar-refractivity contribution in [1.82, 2.24) is 4.90 Å². The van der Waals surface area contributed by atoms with Crippen molar-refractivity contribution in [1.29, 1.82) is 0 Å². The third kappa shape index (κ3) is 5.19. The number of hydrogen-bond donors (Lipinski definition) is 4. The number of carbonyl (C=O) groups excluding carboxylic acids is 4. The minimum absolute atomic E-state index is 0.0134. The molecular weight excluding hydrogens is 698 g/mol. The van der Waals surface area contributed by atoms with Crippen molar-refractivity contribution >= 4 is 29.4 Å². The van der Waals surface area contributed by atoms with Gasteiger partial charge in [0.1, 0.15) is 17.3 Å². The number of piperidine rings is 1. The molecule has 298 valence electrons. The van der Waals surface area contributed by atoms with Gasteiger partial charge in [-0.1, -0.05) is 39.8 Å². The van der Waals surface area contributed by atoms with Crippen molar-refractivity contribution in [2.45, 2.75) is 101 Å². The first-order chi connectivity index (χ1) is 25.6. The molecule has 5 N–H and O–H groups in total. The van der Waals surface area contributed by atoms with Gasteiger partial charge in [0.25, 0.3) is 0 Å². The predicted molar refractivity (Wildman–Crippen MR) is 194 cm³/mol. The number of esters is 2. The van der Waals surface area contributed by atoms with Crippen LogP contribution in [0.1, 0.15) is 70.2 Å². The fraction of sp³-hybridized carbons (Fsp3) is 0.750. The zero-order valence-corrected chi connectivity index (χ0v) is 32.4. The maximum Gasteiger partial charge on any atom is 0.340 e. The number of methoxy groups -OCH3 is 3. The normalized spacial score (nSPS) is 42.0. The molecule has 1 aromatic rings. The Kier molecular flexibility index (Phi) is 10.00. The molecule has 1 spiro atoms. The number of amides is 2. The number of benzene rings is 1. The van der Waals surface area contributed by atoms with Crippen molar-refractivity contribution in [3.05, 3.63) is 29.8 Å². The highest BCUT2D eigenvalue weighted by molar-refractivity contribution is 6.02. The Bertz CT molecular complexity index is 1670. The van der Waals surface area contributed by atoms with Crippen LogP contribution >= 0.6 is 0 Å². The highest BCUT2D eigenvalue weighted by atomic mass is 16.6. The van der Waals surface area contributed by atoms with Crippen LogP contribution in [0.5, 0.6) is 0 Å². The maximum atomic E-state index is 14.0. The smallest absolute Gasteiger partial charge is 0.340 e. The maximum absolute atomic E-state index is 14.0. The lowest BCUT2D eigenvalue weighted by atomic mass is 9.42. The number of rotatable bonds is 13. The summed E-state index contributed by atoms with van der Waals surface area (Å²) in [5.41, 5.74) is 0.695. The molecular formula is C40H57N3O11. The SMILES string of the molecule is CCN1C[C@]2(COC(=O)c3ccccc3NC(=O)C[C@@H](C)C(N)=O)CCC(OC)[C@@]34[C@@H]5C[C@H]6[C@H](OC(=O)C(C)C)[C@@H]5[C@](O)(C[C@@H]6OC)[C@](O)([C@@H](OC)[C@H]23)[C@@H]14. The first kappa shape index (κ1) is 39.1. The fourth-order valence-corrected chi connectivity index (χ4v) is 12.7. The van der Waals surface area contributed by atoms with Gasteiger partial charge >= 0.3 is 11.9 Å². The number of aliphatic hydroxyl groups is 2. The van der Waals surface area contributed by atoms with Gasteiger partial charge in [0.2, 0.25) is 11.8 Å². The van der Waals surface area contributed by atoms with Crippen molar-refractivity contribution in [2.24, 2.45) is 52.1 Å². The molecule has 7 rings (SSSR count). The number of nitrogens with one attached hydrogen (secondary N) is 1. The summed E-state index contributed by atoms with van der Waals surface area (Å²) in [6.07, 6.45) is -0.566. The van der Waals surface area contributed by atoms with Crippen molar-refractivity contribution in [3.63, 3.8) is 0 Å². The summed E-state index contributed by atoms with van der Waals surface area (Å²) < 4.78 is 31.5. The van der Waals surface area contributed by atoms with E-state index in [0.29, 0.717) is 32.4 Å². The van der Waals surface area contributed by atoms with E-state index in [9.17, 15) is 29.4 Å². The fourth-order valence-electron chi connectivity index (χ4n) is 12.7. The van der Waals surface area contributed by atoms with Gasteiger partial charge in [-0.25, -0.2) is 4.79 Å². The molecule has 1 aliphatic heterocycles. The van der Waals surface area contributed by atoms with E-state index in [1.807, 2.05) is 6.92 Å². The third-order valence-corrected chi connectivity index (χ3v) is 14.6. The molecule has 7 bridgehead atoms. The van der Waals surface area contributed by atoms with Crippen LogP contribution in [0.3, 0.4) is 0 Å². The molecule has 1 heterocycles. The van der Waals surface area contributed by atoms with Gasteiger partial charge in [-0.3, -0.25) is 19.3 Å². The molecule has 6 fully saturated rings. The molecule has 2 amide bonds. The summed E-state index contributed by atoms with van der Waals surface area (Å²) in [6.45, 7) is 8.17. The number of primary amides is 1. The monoisotopic (exact) mass is 755 g/mol. The predicted octanol–water partition coefficient (Wildman–Crippen LogP) is 2.14. The highest BCUT2D eigenvalue weighted by Gasteiger charge is 2.92. The lowest BCUT2D eigenvalue weighted by molar-refractivity contribution is -0.319. The van der Waals surface area contributed by atoms with Gasteiger partial charge in [0.05, 0.1) is 48.1 Å². The Balaban J connectivity index is 1.29. The number of carbonyl (C=O) groups is 4. The van der Waals surface area contributed by atoms with E-state index >= 15 is 0 Å². The van der Waals surface area contributed by atoms with Gasteiger partial charge in [-0.2, -0.15) is 0 Å². The molecule has 1 saturated heterocycles. The molecule has 0 radical (unpaired) electrons. The number of nitrogens with two attached hydrogens (primary N) is 1. The summed E-state index contributed by atoms with van der Waals surface area (Å²) >= 11 is 0. The topological polar surface area (TPSA) is 196 Å². The summed E-state index contributed by atoms with van der Waals surface area (Å²) in [5, 5.41) is 29.7. The van der Waals surface area contributed by atoms with Gasteiger partial charge < -0.3 is 44.9 Å². The number of para-hydroxylation sites is 1. The Morgan fingerprint density at radius 1 is 1.06 bits per heavy atom. The molecule has 0 aromatic heterocycles. The standard InChI is InChI=1S/C40H57N3O11/c1-8-43-18-37(19-53-35(47)22-11-9-10-12-25(22)42-28(44)15-21(4)33(41)45)14-13-27(51-6)39-24-16-23-26(50-5)17-38(48,29(24)30(23)54-34(46)20(2)3)40(49,36(39)43)32(52-7)31(37)39/h9-12,20-21,23-24,26-27,29-32,36,48-49H,8,13-19H2,1-7H3,(H2,41,45)(H,42,44)/t21-,23-,24-,26+,27?,29-,30+,31-,32+,36+,37+,38-,39+,40+/m1/s1. The lowest BCUT2D eigenvalue weighted by Gasteiger charge is -2.70. The number of hydrogen-bond acceptors (Lipinski definition) is 12. The Morgan fingerprint density at radius 3 is 2.41 bits per heavy atom. The second kappa shape index (κ2) is 13.8. The number of anilines is 1. The van der Waals surface area contributed by atoms with Gasteiger partial charge in [-0.15, -0.1) is 0 Å². The molecule has 1 aromatic carbocycles. The molecule has 6 aliphatic rings. The van der Waals surface area contributed by atoms with E-state index in [0.717, 1.165) is 0 Å². The van der Waals surface area contributed by atoms with Crippen LogP contribution in [-0.2, 0) is 38.1 Å². The van der Waals surface area contributed by atoms with Crippen LogP contribution < -0.4 is 11.1 Å². The van der Waals surface area contributed by atoms with Crippen LogP contribution in [0.25, 0.3) is 0 Å². The lowest BCUT2D eigenvalue weighted by Crippen LogP contribution is -2.82. The largest absolute Gasteiger partial charge is 0.461 e. The van der Waals surface area contributed by atoms with E-state index in [1.54, 1.807) is 66.4 Å². The summed E-state index contributed by atoms with van der Waals surface area (Å²) in [5.74, 6) is -4.60. The zero-order valence-electron chi connectivity index (χ0n) is 32.4. The second-order valence-corrected chi connectivity index (χ2v) is 17.2. The molecule has 14 nitrogen and oxygen atoms in total. The van der Waals surface area contributed by atoms with E-state index in [-0.39, 0.29) is 60.5 Å². The molecule has 5 saturated carbocycles. The molecule has 14 atom stereocenters. The van der Waals surface area contributed by atoms with Crippen LogP contribution in [0.15, 0.2) is 24.3 Å². The average molecular weight is 756 g/mol. The minimum Gasteiger partial charge on any atom is -0.461 e. The highest BCUT2D eigenvalue weighted by Crippen LogP contribution is 2.80. The van der Waals surface area contributed by atoms with Crippen LogP contribution in [-0.4, -0.2) is 122 Å². The van der Waals surface area contributed by atoms with Crippen molar-refractivity contribution in [2.75, 3.05) is 46.3 Å². The third-order valence-electron chi connectivity index (χ3n) is 14.6. The first-order valence-electron chi connectivity index (χ1n) is 19.4. The van der Waals surface area contributed by atoms with Crippen LogP contribution in [0, 0.1) is 46.3 Å². The Labute approximate surface area is 316 Å². The second-order valence-electron chi connectivity index (χ2n) is 17.2. The van der Waals surface area contributed by atoms with Crippen molar-refractivity contribution in [3.8, 4) is 0 Å². The Hall–Kier alpha value is -3.14. The van der Waals surface area contributed by atoms with E-state index in [1.165, 1.54) is 0 Å². The van der Waals surface area contributed by atoms with Gasteiger partial charge in [0, 0.05) is 75.2 Å². The van der Waals surface area contributed by atoms with E-state index < -0.39 is 81.9 Å². The average Bonchev–Trinajstić information content (AvgIpc) is 3.54. The molecule has 5 aliphatic carbocycles. The summed E-state index contributed by atoms with van der Waals surface area (Å²) in [4.78, 5) is 53.9. The first-order valence-corrected chi connectivity index (χ1v) is 19.4. The number of fused-ring (bicyclic) bond motifs is 2. The molecule has 1 unspecified atom stereocenters. The van der Waals surface area contributed by atoms with Crippen molar-refractivity contribution < 1.29 is 53.1 Å². The van der Waals surface area contributed by atoms with E-state index in [4.69, 9.17) is 29.4 Å². The summed E-state index contributed by atoms with van der Waals surface area (Å²) in [6, 6.07) is 5.99. The minimum atomic E-state index is -1.83. The van der Waals surface area contributed by atoms with Crippen LogP contribution in [0.2, 0.25) is 0 Å². The molecule has 14 heteroatoms. The number of likely N-dealkylation sites (tertiary alicyclic amines) is 1. The zero-order chi connectivity index (χ0) is 39.1. The quantitative estimate of drug-likeness (QED) is 0.215. The van der Waals surface area contributed by atoms with E-state index in [2.05, 4.69) is 10.2 Å². The molecule has 54 heavy (non-hydrogen) atoms. The summed E-state index contributed by atoms with van der Waals surface area (Å²) in [7, 11) is 4.87. The Morgan fingerprint density at radius 2 is 1.78 bits per heavy atom. The number of likely N-dealkylation sites (N-methyl/N-ethyl adjacent to an activating group) is 1. The van der Waals surface area contributed by atoms with Crippen LogP contribution in [0.4, 0.5) is 5.69 Å². The van der Waals surface area contributed by atoms with Gasteiger partial charge in [-0.05, 0) is 43.9 Å². The number of ether oxygens (including phenoxy) is 5. The van der Waals surface area contributed by atoms with Gasteiger partial charge in [0.15, 0.2) is 0 Å². The number of nitrogens with zero attached hydrogens (tertiary/aromatic N) is 1.